The number of nitrogens with zero attached hydrogens (tertiary/aromatic N) is 2. The number of hydrogen-bond donors (Lipinski definition) is 1. The summed E-state index contributed by atoms with van der Waals surface area (Å²) in [5.74, 6) is 0.370. The van der Waals surface area contributed by atoms with Crippen molar-refractivity contribution in [1.29, 1.82) is 0 Å². The molecule has 0 amide bonds. The van der Waals surface area contributed by atoms with Gasteiger partial charge < -0.3 is 5.73 Å². The van der Waals surface area contributed by atoms with Crippen LogP contribution in [0, 0.1) is 6.92 Å². The first-order valence-electron chi connectivity index (χ1n) is 3.85. The van der Waals surface area contributed by atoms with Crippen LogP contribution in [0.3, 0.4) is 0 Å². The second-order valence-electron chi connectivity index (χ2n) is 2.97. The van der Waals surface area contributed by atoms with Gasteiger partial charge in [-0.2, -0.15) is 5.10 Å². The van der Waals surface area contributed by atoms with Crippen LogP contribution in [0.5, 0.6) is 0 Å². The van der Waals surface area contributed by atoms with E-state index in [0.29, 0.717) is 12.5 Å². The maximum absolute atomic E-state index is 5.51. The Bertz CT molecular complexity index is 220. The second-order valence-corrected chi connectivity index (χ2v) is 2.97. The van der Waals surface area contributed by atoms with Crippen LogP contribution in [0.2, 0.25) is 0 Å². The molecule has 0 radical (unpaired) electrons. The Balaban J connectivity index is 2.88. The van der Waals surface area contributed by atoms with E-state index in [1.165, 1.54) is 5.69 Å². The molecule has 0 saturated heterocycles. The van der Waals surface area contributed by atoms with Crippen LogP contribution in [0.1, 0.15) is 24.2 Å². The van der Waals surface area contributed by atoms with Crippen molar-refractivity contribution in [2.75, 3.05) is 6.54 Å². The smallest absolute Gasteiger partial charge is 0.0667 e. The van der Waals surface area contributed by atoms with Gasteiger partial charge >= 0.3 is 0 Å². The van der Waals surface area contributed by atoms with Gasteiger partial charge in [-0.05, 0) is 13.0 Å². The summed E-state index contributed by atoms with van der Waals surface area (Å²) < 4.78 is 1.88. The average Bonchev–Trinajstić information content (AvgIpc) is 2.31. The normalized spacial score (nSPS) is 13.5. The highest BCUT2D eigenvalue weighted by atomic mass is 15.3. The van der Waals surface area contributed by atoms with E-state index in [4.69, 9.17) is 5.73 Å². The fraction of sp³-hybridized carbons (Fsp3) is 0.625. The van der Waals surface area contributed by atoms with Crippen molar-refractivity contribution in [2.24, 2.45) is 12.8 Å². The highest BCUT2D eigenvalue weighted by molar-refractivity contribution is 5.12. The lowest BCUT2D eigenvalue weighted by Crippen LogP contribution is -2.09. The molecule has 11 heavy (non-hydrogen) atoms. The van der Waals surface area contributed by atoms with E-state index in [9.17, 15) is 0 Å². The SMILES string of the molecule is Cc1cc(C(C)CN)nn1C. The minimum absolute atomic E-state index is 0.370. The topological polar surface area (TPSA) is 43.8 Å². The van der Waals surface area contributed by atoms with E-state index in [0.717, 1.165) is 5.69 Å². The molecule has 1 aromatic rings. The number of aromatic nitrogens is 2. The Morgan fingerprint density at radius 3 is 2.73 bits per heavy atom. The van der Waals surface area contributed by atoms with Crippen molar-refractivity contribution in [1.82, 2.24) is 9.78 Å². The molecule has 1 atom stereocenters. The summed E-state index contributed by atoms with van der Waals surface area (Å²) in [7, 11) is 1.95. The number of aryl methyl sites for hydroxylation is 2. The van der Waals surface area contributed by atoms with Crippen molar-refractivity contribution >= 4 is 0 Å². The molecule has 1 rings (SSSR count). The summed E-state index contributed by atoms with van der Waals surface area (Å²) in [4.78, 5) is 0. The Labute approximate surface area is 67.2 Å². The summed E-state index contributed by atoms with van der Waals surface area (Å²) in [5, 5.41) is 4.32. The number of hydrogen-bond acceptors (Lipinski definition) is 2. The fourth-order valence-electron chi connectivity index (χ4n) is 0.950. The third-order valence-electron chi connectivity index (χ3n) is 1.99. The van der Waals surface area contributed by atoms with Crippen LogP contribution in [0.15, 0.2) is 6.07 Å². The molecule has 3 nitrogen and oxygen atoms in total. The molecule has 0 aliphatic rings. The van der Waals surface area contributed by atoms with Gasteiger partial charge in [-0.1, -0.05) is 6.92 Å². The molecular formula is C8H15N3. The molecule has 0 saturated carbocycles. The van der Waals surface area contributed by atoms with Crippen LogP contribution in [0.25, 0.3) is 0 Å². The Morgan fingerprint density at radius 2 is 2.36 bits per heavy atom. The lowest BCUT2D eigenvalue weighted by atomic mass is 10.1. The van der Waals surface area contributed by atoms with Crippen molar-refractivity contribution in [2.45, 2.75) is 19.8 Å². The summed E-state index contributed by atoms with van der Waals surface area (Å²) in [6.45, 7) is 4.79. The van der Waals surface area contributed by atoms with Crippen molar-refractivity contribution in [3.8, 4) is 0 Å². The van der Waals surface area contributed by atoms with E-state index in [2.05, 4.69) is 18.1 Å². The highest BCUT2D eigenvalue weighted by Gasteiger charge is 2.07. The molecule has 0 aliphatic heterocycles. The Kier molecular flexibility index (Phi) is 2.29. The van der Waals surface area contributed by atoms with Crippen LogP contribution < -0.4 is 5.73 Å². The van der Waals surface area contributed by atoms with Crippen molar-refractivity contribution in [3.63, 3.8) is 0 Å². The molecule has 0 fully saturated rings. The Morgan fingerprint density at radius 1 is 1.73 bits per heavy atom. The molecule has 0 aliphatic carbocycles. The predicted molar refractivity (Wildman–Crippen MR) is 45.4 cm³/mol. The van der Waals surface area contributed by atoms with Crippen molar-refractivity contribution in [3.05, 3.63) is 17.5 Å². The molecule has 3 heteroatoms. The monoisotopic (exact) mass is 153 g/mol. The first-order valence-corrected chi connectivity index (χ1v) is 3.85. The van der Waals surface area contributed by atoms with Crippen LogP contribution >= 0.6 is 0 Å². The zero-order valence-corrected chi connectivity index (χ0v) is 7.33. The third kappa shape index (κ3) is 1.60. The van der Waals surface area contributed by atoms with Gasteiger partial charge in [0.05, 0.1) is 5.69 Å². The first kappa shape index (κ1) is 8.27. The molecule has 2 N–H and O–H groups in total. The van der Waals surface area contributed by atoms with Gasteiger partial charge in [0.25, 0.3) is 0 Å². The van der Waals surface area contributed by atoms with Crippen LogP contribution in [0.4, 0.5) is 0 Å². The average molecular weight is 153 g/mol. The van der Waals surface area contributed by atoms with Gasteiger partial charge in [0.2, 0.25) is 0 Å². The van der Waals surface area contributed by atoms with Crippen LogP contribution in [-0.2, 0) is 7.05 Å². The van der Waals surface area contributed by atoms with E-state index in [1.807, 2.05) is 18.7 Å². The van der Waals surface area contributed by atoms with Crippen molar-refractivity contribution < 1.29 is 0 Å². The summed E-state index contributed by atoms with van der Waals surface area (Å²) in [5.41, 5.74) is 7.79. The van der Waals surface area contributed by atoms with Gasteiger partial charge in [-0.25, -0.2) is 0 Å². The van der Waals surface area contributed by atoms with Crippen LogP contribution in [-0.4, -0.2) is 16.3 Å². The lowest BCUT2D eigenvalue weighted by Gasteiger charge is -2.01. The zero-order valence-electron chi connectivity index (χ0n) is 7.33. The zero-order chi connectivity index (χ0) is 8.43. The second kappa shape index (κ2) is 3.05. The van der Waals surface area contributed by atoms with Gasteiger partial charge in [-0.15, -0.1) is 0 Å². The summed E-state index contributed by atoms with van der Waals surface area (Å²) >= 11 is 0. The molecule has 0 aromatic carbocycles. The maximum Gasteiger partial charge on any atom is 0.0667 e. The number of nitrogens with two attached hydrogens (primary N) is 1. The van der Waals surface area contributed by atoms with E-state index in [1.54, 1.807) is 0 Å². The van der Waals surface area contributed by atoms with Gasteiger partial charge in [0.1, 0.15) is 0 Å². The van der Waals surface area contributed by atoms with Gasteiger partial charge in [-0.3, -0.25) is 4.68 Å². The maximum atomic E-state index is 5.51. The molecule has 1 aromatic heterocycles. The standard InChI is InChI=1S/C8H15N3/c1-6(5-9)8-4-7(2)11(3)10-8/h4,6H,5,9H2,1-3H3. The van der Waals surface area contributed by atoms with E-state index in [-0.39, 0.29) is 0 Å². The minimum atomic E-state index is 0.370. The summed E-state index contributed by atoms with van der Waals surface area (Å²) in [6, 6.07) is 2.08. The quantitative estimate of drug-likeness (QED) is 0.682. The lowest BCUT2D eigenvalue weighted by molar-refractivity contribution is 0.677. The predicted octanol–water partition coefficient (Wildman–Crippen LogP) is 0.791. The minimum Gasteiger partial charge on any atom is -0.330 e. The third-order valence-corrected chi connectivity index (χ3v) is 1.99. The fourth-order valence-corrected chi connectivity index (χ4v) is 0.950. The van der Waals surface area contributed by atoms with E-state index >= 15 is 0 Å². The largest absolute Gasteiger partial charge is 0.330 e. The van der Waals surface area contributed by atoms with Gasteiger partial charge in [0, 0.05) is 25.2 Å². The molecular weight excluding hydrogens is 138 g/mol. The van der Waals surface area contributed by atoms with Gasteiger partial charge in [0.15, 0.2) is 0 Å². The first-order chi connectivity index (χ1) is 5.15. The molecule has 1 heterocycles. The Hall–Kier alpha value is -0.830. The number of rotatable bonds is 2. The molecule has 1 unspecified atom stereocenters. The molecule has 0 bridgehead atoms. The summed E-state index contributed by atoms with van der Waals surface area (Å²) in [6.07, 6.45) is 0. The molecule has 0 spiro atoms. The molecule has 62 valence electrons. The highest BCUT2D eigenvalue weighted by Crippen LogP contribution is 2.12. The van der Waals surface area contributed by atoms with E-state index < -0.39 is 0 Å².